The molecule has 0 aliphatic rings. The lowest BCUT2D eigenvalue weighted by Crippen LogP contribution is -2.26. The van der Waals surface area contributed by atoms with E-state index in [0.29, 0.717) is 18.2 Å². The van der Waals surface area contributed by atoms with Crippen molar-refractivity contribution in [3.8, 4) is 0 Å². The molecule has 3 aromatic rings. The molecule has 0 spiro atoms. The molecule has 0 saturated carbocycles. The second-order valence-electron chi connectivity index (χ2n) is 7.02. The summed E-state index contributed by atoms with van der Waals surface area (Å²) in [5, 5.41) is 2.95. The van der Waals surface area contributed by atoms with Gasteiger partial charge < -0.3 is 10.2 Å². The summed E-state index contributed by atoms with van der Waals surface area (Å²) in [5.41, 5.74) is 5.30. The first kappa shape index (κ1) is 19.5. The molecule has 5 heteroatoms. The van der Waals surface area contributed by atoms with Crippen LogP contribution in [0.5, 0.6) is 0 Å². The van der Waals surface area contributed by atoms with E-state index in [0.717, 1.165) is 29.1 Å². The van der Waals surface area contributed by atoms with Crippen LogP contribution in [0.1, 0.15) is 39.8 Å². The number of nitrogens with one attached hydrogen (secondary N) is 1. The smallest absolute Gasteiger partial charge is 0.274 e. The molecule has 1 N–H and O–H groups in total. The lowest BCUT2D eigenvalue weighted by atomic mass is 10.1. The van der Waals surface area contributed by atoms with Crippen LogP contribution in [0, 0.1) is 20.8 Å². The minimum absolute atomic E-state index is 0.229. The quantitative estimate of drug-likeness (QED) is 0.680. The molecule has 2 aromatic carbocycles. The number of benzene rings is 2. The fraction of sp³-hybridized carbons (Fsp3) is 0.261. The number of anilines is 2. The Morgan fingerprint density at radius 2 is 1.64 bits per heavy atom. The highest BCUT2D eigenvalue weighted by atomic mass is 16.1. The molecule has 0 radical (unpaired) electrons. The van der Waals surface area contributed by atoms with Gasteiger partial charge in [0.1, 0.15) is 5.69 Å². The molecule has 5 nitrogen and oxygen atoms in total. The zero-order valence-corrected chi connectivity index (χ0v) is 16.9. The fourth-order valence-corrected chi connectivity index (χ4v) is 3.18. The molecule has 1 heterocycles. The van der Waals surface area contributed by atoms with Gasteiger partial charge in [0.25, 0.3) is 5.91 Å². The minimum atomic E-state index is -0.229. The second-order valence-corrected chi connectivity index (χ2v) is 7.02. The van der Waals surface area contributed by atoms with Gasteiger partial charge in [0.2, 0.25) is 5.95 Å². The summed E-state index contributed by atoms with van der Waals surface area (Å²) >= 11 is 0. The Labute approximate surface area is 166 Å². The summed E-state index contributed by atoms with van der Waals surface area (Å²) in [5.74, 6) is 0.337. The molecule has 1 amide bonds. The first-order valence-electron chi connectivity index (χ1n) is 9.49. The van der Waals surface area contributed by atoms with Crippen LogP contribution in [-0.4, -0.2) is 22.4 Å². The van der Waals surface area contributed by atoms with E-state index >= 15 is 0 Å². The lowest BCUT2D eigenvalue weighted by Gasteiger charge is -2.21. The van der Waals surface area contributed by atoms with Gasteiger partial charge in [0.05, 0.1) is 0 Å². The maximum absolute atomic E-state index is 12.8. The van der Waals surface area contributed by atoms with E-state index in [-0.39, 0.29) is 5.91 Å². The summed E-state index contributed by atoms with van der Waals surface area (Å²) in [6.45, 7) is 9.41. The third kappa shape index (κ3) is 4.94. The molecular formula is C23H26N4O. The molecule has 0 fully saturated rings. The maximum Gasteiger partial charge on any atom is 0.274 e. The third-order valence-corrected chi connectivity index (χ3v) is 4.44. The van der Waals surface area contributed by atoms with Crippen molar-refractivity contribution in [1.29, 1.82) is 0 Å². The summed E-state index contributed by atoms with van der Waals surface area (Å²) < 4.78 is 0. The van der Waals surface area contributed by atoms with E-state index in [1.807, 2.05) is 51.1 Å². The number of amides is 1. The molecular weight excluding hydrogens is 348 g/mol. The van der Waals surface area contributed by atoms with E-state index in [1.54, 1.807) is 6.07 Å². The van der Waals surface area contributed by atoms with Gasteiger partial charge in [-0.15, -0.1) is 0 Å². The van der Waals surface area contributed by atoms with Crippen molar-refractivity contribution in [1.82, 2.24) is 9.97 Å². The maximum atomic E-state index is 12.8. The van der Waals surface area contributed by atoms with Crippen LogP contribution < -0.4 is 10.2 Å². The van der Waals surface area contributed by atoms with Crippen molar-refractivity contribution < 1.29 is 4.79 Å². The Balaban J connectivity index is 1.84. The summed E-state index contributed by atoms with van der Waals surface area (Å²) in [4.78, 5) is 24.0. The highest BCUT2D eigenvalue weighted by Crippen LogP contribution is 2.17. The van der Waals surface area contributed by atoms with Crippen molar-refractivity contribution in [3.63, 3.8) is 0 Å². The number of aryl methyl sites for hydroxylation is 3. The predicted molar refractivity (Wildman–Crippen MR) is 114 cm³/mol. The number of carbonyl (C=O) groups excluding carboxylic acids is 1. The van der Waals surface area contributed by atoms with Crippen LogP contribution in [0.25, 0.3) is 0 Å². The second kappa shape index (κ2) is 8.65. The van der Waals surface area contributed by atoms with Crippen molar-refractivity contribution >= 4 is 17.5 Å². The Morgan fingerprint density at radius 1 is 0.964 bits per heavy atom. The molecule has 3 rings (SSSR count). The normalized spacial score (nSPS) is 10.6. The van der Waals surface area contributed by atoms with E-state index in [4.69, 9.17) is 0 Å². The monoisotopic (exact) mass is 374 g/mol. The fourth-order valence-electron chi connectivity index (χ4n) is 3.18. The Hall–Kier alpha value is -3.21. The molecule has 144 valence electrons. The van der Waals surface area contributed by atoms with Crippen molar-refractivity contribution in [2.45, 2.75) is 34.2 Å². The van der Waals surface area contributed by atoms with E-state index in [9.17, 15) is 4.79 Å². The van der Waals surface area contributed by atoms with E-state index < -0.39 is 0 Å². The van der Waals surface area contributed by atoms with Crippen molar-refractivity contribution in [2.24, 2.45) is 0 Å². The van der Waals surface area contributed by atoms with Gasteiger partial charge in [-0.25, -0.2) is 9.97 Å². The zero-order chi connectivity index (χ0) is 20.1. The predicted octanol–water partition coefficient (Wildman–Crippen LogP) is 4.68. The molecule has 0 aliphatic heterocycles. The molecule has 0 bridgehead atoms. The number of nitrogens with zero attached hydrogens (tertiary/aromatic N) is 3. The standard InChI is InChI=1S/C23H26N4O/c1-5-27(15-19-9-7-6-8-10-19)23-24-18(4)14-21(26-23)22(28)25-20-12-16(2)11-17(3)13-20/h6-14H,5,15H2,1-4H3,(H,25,28). The first-order chi connectivity index (χ1) is 13.4. The highest BCUT2D eigenvalue weighted by Gasteiger charge is 2.15. The molecule has 0 unspecified atom stereocenters. The van der Waals surface area contributed by atoms with Crippen LogP contribution in [-0.2, 0) is 6.54 Å². The average molecular weight is 374 g/mol. The minimum Gasteiger partial charge on any atom is -0.337 e. The Morgan fingerprint density at radius 3 is 2.29 bits per heavy atom. The summed E-state index contributed by atoms with van der Waals surface area (Å²) in [6, 6.07) is 17.9. The van der Waals surface area contributed by atoms with Gasteiger partial charge >= 0.3 is 0 Å². The summed E-state index contributed by atoms with van der Waals surface area (Å²) in [7, 11) is 0. The molecule has 0 aliphatic carbocycles. The Kier molecular flexibility index (Phi) is 6.04. The number of rotatable bonds is 6. The van der Waals surface area contributed by atoms with Gasteiger partial charge in [0.15, 0.2) is 0 Å². The van der Waals surface area contributed by atoms with Crippen LogP contribution in [0.4, 0.5) is 11.6 Å². The van der Waals surface area contributed by atoms with Crippen LogP contribution >= 0.6 is 0 Å². The third-order valence-electron chi connectivity index (χ3n) is 4.44. The SMILES string of the molecule is CCN(Cc1ccccc1)c1nc(C)cc(C(=O)Nc2cc(C)cc(C)c2)n1. The number of aromatic nitrogens is 2. The number of carbonyl (C=O) groups is 1. The number of hydrogen-bond donors (Lipinski definition) is 1. The van der Waals surface area contributed by atoms with Crippen LogP contribution in [0.3, 0.4) is 0 Å². The topological polar surface area (TPSA) is 58.1 Å². The van der Waals surface area contributed by atoms with E-state index in [2.05, 4.69) is 45.3 Å². The molecule has 28 heavy (non-hydrogen) atoms. The van der Waals surface area contributed by atoms with Gasteiger partial charge in [-0.2, -0.15) is 0 Å². The average Bonchev–Trinajstić information content (AvgIpc) is 2.65. The zero-order valence-electron chi connectivity index (χ0n) is 16.9. The highest BCUT2D eigenvalue weighted by molar-refractivity contribution is 6.03. The van der Waals surface area contributed by atoms with Crippen LogP contribution in [0.2, 0.25) is 0 Å². The molecule has 0 atom stereocenters. The molecule has 1 aromatic heterocycles. The van der Waals surface area contributed by atoms with Gasteiger partial charge in [-0.05, 0) is 62.6 Å². The largest absolute Gasteiger partial charge is 0.337 e. The van der Waals surface area contributed by atoms with Crippen molar-refractivity contribution in [3.05, 3.63) is 82.7 Å². The van der Waals surface area contributed by atoms with Gasteiger partial charge in [0, 0.05) is 24.5 Å². The lowest BCUT2D eigenvalue weighted by molar-refractivity contribution is 0.102. The van der Waals surface area contributed by atoms with Gasteiger partial charge in [-0.1, -0.05) is 36.4 Å². The number of hydrogen-bond acceptors (Lipinski definition) is 4. The van der Waals surface area contributed by atoms with Crippen molar-refractivity contribution in [2.75, 3.05) is 16.8 Å². The molecule has 0 saturated heterocycles. The van der Waals surface area contributed by atoms with Crippen LogP contribution in [0.15, 0.2) is 54.6 Å². The van der Waals surface area contributed by atoms with Gasteiger partial charge in [-0.3, -0.25) is 4.79 Å². The Bertz CT molecular complexity index is 949. The first-order valence-corrected chi connectivity index (χ1v) is 9.49. The van der Waals surface area contributed by atoms with E-state index in [1.165, 1.54) is 5.56 Å². The summed E-state index contributed by atoms with van der Waals surface area (Å²) in [6.07, 6.45) is 0.